The molecule has 1 fully saturated rings. The predicted molar refractivity (Wildman–Crippen MR) is 110 cm³/mol. The first-order valence-electron chi connectivity index (χ1n) is 10.3. The van der Waals surface area contributed by atoms with Crippen LogP contribution < -0.4 is 0 Å². The second kappa shape index (κ2) is 9.21. The standard InChI is InChI=1S/C24H28F3NO2/c1-16(2)18-6-4-17(5-7-18)14-28-15-20(23(29)30-3)10-13-22(28)19-8-11-21(12-9-19)24(25,26)27/h4-9,11-12,16,20,22H,10,13-15H2,1-3H3/t20-,22+/m1/s1. The molecule has 6 heteroatoms. The van der Waals surface area contributed by atoms with Crippen LogP contribution in [0.25, 0.3) is 0 Å². The van der Waals surface area contributed by atoms with Gasteiger partial charge in [0.25, 0.3) is 0 Å². The average Bonchev–Trinajstić information content (AvgIpc) is 2.73. The molecule has 1 heterocycles. The van der Waals surface area contributed by atoms with E-state index in [1.165, 1.54) is 12.7 Å². The number of rotatable bonds is 5. The maximum atomic E-state index is 12.9. The van der Waals surface area contributed by atoms with Crippen LogP contribution in [0.4, 0.5) is 13.2 Å². The van der Waals surface area contributed by atoms with Gasteiger partial charge < -0.3 is 4.74 Å². The number of nitrogens with zero attached hydrogens (tertiary/aromatic N) is 1. The van der Waals surface area contributed by atoms with Gasteiger partial charge in [0.1, 0.15) is 0 Å². The number of carbonyl (C=O) groups is 1. The fraction of sp³-hybridized carbons (Fsp3) is 0.458. The zero-order valence-electron chi connectivity index (χ0n) is 17.6. The number of likely N-dealkylation sites (tertiary alicyclic amines) is 1. The number of hydrogen-bond donors (Lipinski definition) is 0. The molecular weight excluding hydrogens is 391 g/mol. The topological polar surface area (TPSA) is 29.5 Å². The van der Waals surface area contributed by atoms with Crippen molar-refractivity contribution >= 4 is 5.97 Å². The second-order valence-electron chi connectivity index (χ2n) is 8.26. The van der Waals surface area contributed by atoms with Crippen molar-refractivity contribution in [3.05, 3.63) is 70.8 Å². The van der Waals surface area contributed by atoms with Crippen molar-refractivity contribution in [1.82, 2.24) is 4.90 Å². The molecule has 3 rings (SSSR count). The highest BCUT2D eigenvalue weighted by Gasteiger charge is 2.34. The Morgan fingerprint density at radius 2 is 1.70 bits per heavy atom. The van der Waals surface area contributed by atoms with E-state index >= 15 is 0 Å². The van der Waals surface area contributed by atoms with Gasteiger partial charge in [0.05, 0.1) is 18.6 Å². The normalized spacial score (nSPS) is 20.4. The molecule has 1 aliphatic heterocycles. The van der Waals surface area contributed by atoms with Crippen LogP contribution in [0, 0.1) is 5.92 Å². The molecule has 0 unspecified atom stereocenters. The number of ether oxygens (including phenoxy) is 1. The molecule has 0 radical (unpaired) electrons. The van der Waals surface area contributed by atoms with Gasteiger partial charge in [-0.05, 0) is 47.6 Å². The van der Waals surface area contributed by atoms with Gasteiger partial charge in [-0.15, -0.1) is 0 Å². The Morgan fingerprint density at radius 3 is 2.23 bits per heavy atom. The van der Waals surface area contributed by atoms with Crippen molar-refractivity contribution in [1.29, 1.82) is 0 Å². The lowest BCUT2D eigenvalue weighted by Gasteiger charge is -2.39. The number of halogens is 3. The smallest absolute Gasteiger partial charge is 0.416 e. The van der Waals surface area contributed by atoms with Gasteiger partial charge >= 0.3 is 12.1 Å². The zero-order chi connectivity index (χ0) is 21.9. The summed E-state index contributed by atoms with van der Waals surface area (Å²) in [4.78, 5) is 14.3. The van der Waals surface area contributed by atoms with Gasteiger partial charge in [-0.3, -0.25) is 9.69 Å². The number of hydrogen-bond acceptors (Lipinski definition) is 3. The first-order chi connectivity index (χ1) is 14.2. The van der Waals surface area contributed by atoms with Gasteiger partial charge in [0.2, 0.25) is 0 Å². The Kier molecular flexibility index (Phi) is 6.86. The summed E-state index contributed by atoms with van der Waals surface area (Å²) in [6.07, 6.45) is -3.00. The van der Waals surface area contributed by atoms with Crippen molar-refractivity contribution in [3.8, 4) is 0 Å². The van der Waals surface area contributed by atoms with Gasteiger partial charge in [-0.1, -0.05) is 50.2 Å². The first-order valence-corrected chi connectivity index (χ1v) is 10.3. The van der Waals surface area contributed by atoms with Crippen LogP contribution in [0.3, 0.4) is 0 Å². The lowest BCUT2D eigenvalue weighted by Crippen LogP contribution is -2.40. The molecule has 162 valence electrons. The summed E-state index contributed by atoms with van der Waals surface area (Å²) in [6, 6.07) is 13.7. The maximum absolute atomic E-state index is 12.9. The second-order valence-corrected chi connectivity index (χ2v) is 8.26. The third-order valence-corrected chi connectivity index (χ3v) is 5.87. The highest BCUT2D eigenvalue weighted by atomic mass is 19.4. The number of carbonyl (C=O) groups excluding carboxylic acids is 1. The number of piperidine rings is 1. The van der Waals surface area contributed by atoms with Gasteiger partial charge in [-0.2, -0.15) is 13.2 Å². The molecule has 0 aliphatic carbocycles. The molecule has 30 heavy (non-hydrogen) atoms. The molecule has 2 aromatic rings. The summed E-state index contributed by atoms with van der Waals surface area (Å²) in [7, 11) is 1.39. The van der Waals surface area contributed by atoms with E-state index in [4.69, 9.17) is 4.74 Å². The molecular formula is C24H28F3NO2. The van der Waals surface area contributed by atoms with Crippen molar-refractivity contribution in [2.75, 3.05) is 13.7 Å². The van der Waals surface area contributed by atoms with E-state index in [9.17, 15) is 18.0 Å². The Bertz CT molecular complexity index is 844. The van der Waals surface area contributed by atoms with Crippen molar-refractivity contribution in [3.63, 3.8) is 0 Å². The lowest BCUT2D eigenvalue weighted by atomic mass is 9.88. The summed E-state index contributed by atoms with van der Waals surface area (Å²) in [6.45, 7) is 5.42. The Morgan fingerprint density at radius 1 is 1.07 bits per heavy atom. The minimum atomic E-state index is -4.35. The van der Waals surface area contributed by atoms with Gasteiger partial charge in [0, 0.05) is 19.1 Å². The SMILES string of the molecule is COC(=O)[C@@H]1CC[C@@H](c2ccc(C(F)(F)F)cc2)N(Cc2ccc(C(C)C)cc2)C1. The molecule has 0 aromatic heterocycles. The van der Waals surface area contributed by atoms with Crippen LogP contribution >= 0.6 is 0 Å². The molecule has 1 aliphatic rings. The zero-order valence-corrected chi connectivity index (χ0v) is 17.6. The molecule has 0 bridgehead atoms. The molecule has 0 saturated carbocycles. The van der Waals surface area contributed by atoms with E-state index in [-0.39, 0.29) is 17.9 Å². The summed E-state index contributed by atoms with van der Waals surface area (Å²) in [5.74, 6) is -0.0192. The fourth-order valence-electron chi connectivity index (χ4n) is 4.09. The van der Waals surface area contributed by atoms with Crippen LogP contribution in [0.2, 0.25) is 0 Å². The van der Waals surface area contributed by atoms with Gasteiger partial charge in [0.15, 0.2) is 0 Å². The summed E-state index contributed by atoms with van der Waals surface area (Å²) in [5.41, 5.74) is 2.56. The van der Waals surface area contributed by atoms with E-state index in [0.29, 0.717) is 31.8 Å². The molecule has 0 N–H and O–H groups in total. The minimum Gasteiger partial charge on any atom is -0.469 e. The molecule has 2 atom stereocenters. The number of alkyl halides is 3. The Balaban J connectivity index is 1.83. The van der Waals surface area contributed by atoms with E-state index in [1.54, 1.807) is 12.1 Å². The molecule has 1 saturated heterocycles. The molecule has 0 spiro atoms. The average molecular weight is 419 g/mol. The predicted octanol–water partition coefficient (Wildman–Crippen LogP) is 5.96. The molecule has 0 amide bonds. The Labute approximate surface area is 175 Å². The summed E-state index contributed by atoms with van der Waals surface area (Å²) < 4.78 is 43.7. The highest BCUT2D eigenvalue weighted by molar-refractivity contribution is 5.72. The van der Waals surface area contributed by atoms with Crippen LogP contribution in [-0.2, 0) is 22.3 Å². The molecule has 2 aromatic carbocycles. The van der Waals surface area contributed by atoms with Crippen LogP contribution in [0.5, 0.6) is 0 Å². The van der Waals surface area contributed by atoms with Crippen LogP contribution in [0.15, 0.2) is 48.5 Å². The van der Waals surface area contributed by atoms with Crippen LogP contribution in [-0.4, -0.2) is 24.5 Å². The highest BCUT2D eigenvalue weighted by Crippen LogP contribution is 2.37. The third-order valence-electron chi connectivity index (χ3n) is 5.87. The van der Waals surface area contributed by atoms with Gasteiger partial charge in [-0.25, -0.2) is 0 Å². The third kappa shape index (κ3) is 5.22. The van der Waals surface area contributed by atoms with Crippen molar-refractivity contribution in [2.24, 2.45) is 5.92 Å². The first kappa shape index (κ1) is 22.3. The summed E-state index contributed by atoms with van der Waals surface area (Å²) in [5, 5.41) is 0. The number of benzene rings is 2. The fourth-order valence-corrected chi connectivity index (χ4v) is 4.09. The Hall–Kier alpha value is -2.34. The van der Waals surface area contributed by atoms with E-state index in [2.05, 4.69) is 43.0 Å². The number of esters is 1. The molecule has 3 nitrogen and oxygen atoms in total. The largest absolute Gasteiger partial charge is 0.469 e. The monoisotopic (exact) mass is 419 g/mol. The van der Waals surface area contributed by atoms with E-state index in [0.717, 1.165) is 23.3 Å². The van der Waals surface area contributed by atoms with Crippen molar-refractivity contribution in [2.45, 2.75) is 51.4 Å². The number of methoxy groups -OCH3 is 1. The maximum Gasteiger partial charge on any atom is 0.416 e. The minimum absolute atomic E-state index is 0.0436. The van der Waals surface area contributed by atoms with E-state index < -0.39 is 11.7 Å². The lowest BCUT2D eigenvalue weighted by molar-refractivity contribution is -0.148. The van der Waals surface area contributed by atoms with Crippen LogP contribution in [0.1, 0.15) is 60.9 Å². The quantitative estimate of drug-likeness (QED) is 0.561. The van der Waals surface area contributed by atoms with E-state index in [1.807, 2.05) is 0 Å². The van der Waals surface area contributed by atoms with Crippen molar-refractivity contribution < 1.29 is 22.7 Å². The summed E-state index contributed by atoms with van der Waals surface area (Å²) >= 11 is 0.